The van der Waals surface area contributed by atoms with E-state index in [1.54, 1.807) is 0 Å². The molecule has 0 radical (unpaired) electrons. The summed E-state index contributed by atoms with van der Waals surface area (Å²) in [5.74, 6) is 1.48. The van der Waals surface area contributed by atoms with E-state index in [0.29, 0.717) is 37.0 Å². The molecular weight excluding hydrogens is 323 g/mol. The van der Waals surface area contributed by atoms with Crippen molar-refractivity contribution in [3.8, 4) is 5.75 Å². The van der Waals surface area contributed by atoms with Gasteiger partial charge in [-0.15, -0.1) is 0 Å². The summed E-state index contributed by atoms with van der Waals surface area (Å²) in [6.07, 6.45) is 2.33. The highest BCUT2D eigenvalue weighted by Crippen LogP contribution is 2.27. The minimum atomic E-state index is -2.06. The Kier molecular flexibility index (Phi) is 9.78. The first-order chi connectivity index (χ1) is 11.4. The van der Waals surface area contributed by atoms with Crippen LogP contribution in [0.3, 0.4) is 0 Å². The molecule has 0 saturated carbocycles. The third-order valence-corrected chi connectivity index (χ3v) is 5.37. The summed E-state index contributed by atoms with van der Waals surface area (Å²) >= 11 is 0. The normalized spacial score (nSPS) is 12.4. The van der Waals surface area contributed by atoms with Crippen molar-refractivity contribution >= 4 is 19.1 Å². The zero-order valence-corrected chi connectivity index (χ0v) is 16.3. The SMILES string of the molecule is CC(C)CCOC(=O)CC[PH](=O)c1ccccc1OCCC(C)C. The molecule has 4 nitrogen and oxygen atoms in total. The van der Waals surface area contributed by atoms with Crippen LogP contribution in [0.1, 0.15) is 47.0 Å². The van der Waals surface area contributed by atoms with Gasteiger partial charge in [0.05, 0.1) is 24.9 Å². The predicted molar refractivity (Wildman–Crippen MR) is 99.9 cm³/mol. The van der Waals surface area contributed by atoms with Crippen LogP contribution >= 0.6 is 7.80 Å². The van der Waals surface area contributed by atoms with Crippen molar-refractivity contribution < 1.29 is 18.8 Å². The standard InChI is InChI=1S/C19H31O4P/c1-15(2)9-12-22-17-7-5-6-8-18(17)24(21)14-11-19(20)23-13-10-16(3)4/h5-8,15-16,24H,9-14H2,1-4H3. The zero-order valence-electron chi connectivity index (χ0n) is 15.3. The van der Waals surface area contributed by atoms with Crippen LogP contribution in [0.15, 0.2) is 24.3 Å². The van der Waals surface area contributed by atoms with Crippen LogP contribution in [-0.2, 0) is 14.1 Å². The van der Waals surface area contributed by atoms with Crippen LogP contribution in [0.2, 0.25) is 0 Å². The fourth-order valence-corrected chi connectivity index (χ4v) is 3.47. The average Bonchev–Trinajstić information content (AvgIpc) is 2.52. The maximum absolute atomic E-state index is 12.5. The van der Waals surface area contributed by atoms with Gasteiger partial charge in [0, 0.05) is 6.16 Å². The van der Waals surface area contributed by atoms with Crippen LogP contribution in [0, 0.1) is 11.8 Å². The van der Waals surface area contributed by atoms with Gasteiger partial charge in [-0.2, -0.15) is 0 Å². The lowest BCUT2D eigenvalue weighted by Gasteiger charge is -2.12. The highest BCUT2D eigenvalue weighted by Gasteiger charge is 2.13. The van der Waals surface area contributed by atoms with Gasteiger partial charge >= 0.3 is 5.97 Å². The van der Waals surface area contributed by atoms with E-state index in [1.165, 1.54) is 0 Å². The maximum atomic E-state index is 12.5. The minimum absolute atomic E-state index is 0.191. The monoisotopic (exact) mass is 354 g/mol. The second-order valence-electron chi connectivity index (χ2n) is 6.85. The van der Waals surface area contributed by atoms with Gasteiger partial charge in [0.15, 0.2) is 0 Å². The van der Waals surface area contributed by atoms with Gasteiger partial charge in [0.25, 0.3) is 0 Å². The molecule has 0 spiro atoms. The van der Waals surface area contributed by atoms with Crippen molar-refractivity contribution in [1.29, 1.82) is 0 Å². The van der Waals surface area contributed by atoms with Crippen molar-refractivity contribution in [3.05, 3.63) is 24.3 Å². The van der Waals surface area contributed by atoms with E-state index in [0.717, 1.165) is 18.1 Å². The lowest BCUT2D eigenvalue weighted by atomic mass is 10.1. The molecule has 0 fully saturated rings. The van der Waals surface area contributed by atoms with Crippen LogP contribution in [0.5, 0.6) is 5.75 Å². The predicted octanol–water partition coefficient (Wildman–Crippen LogP) is 4.28. The van der Waals surface area contributed by atoms with Gasteiger partial charge in [0.1, 0.15) is 13.6 Å². The van der Waals surface area contributed by atoms with Crippen LogP contribution in [0.4, 0.5) is 0 Å². The lowest BCUT2D eigenvalue weighted by molar-refractivity contribution is -0.143. The Labute approximate surface area is 146 Å². The maximum Gasteiger partial charge on any atom is 0.306 e. The van der Waals surface area contributed by atoms with Crippen LogP contribution in [0.25, 0.3) is 0 Å². The largest absolute Gasteiger partial charge is 0.493 e. The molecule has 0 aliphatic carbocycles. The summed E-state index contributed by atoms with van der Waals surface area (Å²) < 4.78 is 23.5. The number of hydrogen-bond acceptors (Lipinski definition) is 4. The van der Waals surface area contributed by atoms with Gasteiger partial charge in [-0.25, -0.2) is 0 Å². The molecule has 0 amide bonds. The van der Waals surface area contributed by atoms with E-state index < -0.39 is 7.80 Å². The van der Waals surface area contributed by atoms with E-state index in [4.69, 9.17) is 9.47 Å². The molecule has 0 saturated heterocycles. The van der Waals surface area contributed by atoms with E-state index in [2.05, 4.69) is 27.7 Å². The van der Waals surface area contributed by atoms with Crippen molar-refractivity contribution in [3.63, 3.8) is 0 Å². The third kappa shape index (κ3) is 8.54. The number of hydrogen-bond donors (Lipinski definition) is 0. The van der Waals surface area contributed by atoms with E-state index >= 15 is 0 Å². The molecule has 0 aliphatic rings. The molecule has 0 N–H and O–H groups in total. The summed E-state index contributed by atoms with van der Waals surface area (Å²) in [6.45, 7) is 9.50. The summed E-state index contributed by atoms with van der Waals surface area (Å²) in [5, 5.41) is 0.723. The third-order valence-electron chi connectivity index (χ3n) is 3.65. The number of carbonyl (C=O) groups excluding carboxylic acids is 1. The number of rotatable bonds is 11. The molecule has 0 aliphatic heterocycles. The first-order valence-electron chi connectivity index (χ1n) is 8.80. The van der Waals surface area contributed by atoms with Crippen molar-refractivity contribution in [2.24, 2.45) is 11.8 Å². The molecule has 24 heavy (non-hydrogen) atoms. The molecule has 1 unspecified atom stereocenters. The first-order valence-corrected chi connectivity index (χ1v) is 10.4. The van der Waals surface area contributed by atoms with Gasteiger partial charge < -0.3 is 14.0 Å². The number of carbonyl (C=O) groups is 1. The number of esters is 1. The number of para-hydroxylation sites is 1. The quantitative estimate of drug-likeness (QED) is 0.440. The molecule has 1 rings (SSSR count). The number of ether oxygens (including phenoxy) is 2. The Morgan fingerprint density at radius 3 is 2.33 bits per heavy atom. The smallest absolute Gasteiger partial charge is 0.306 e. The minimum Gasteiger partial charge on any atom is -0.493 e. The molecule has 136 valence electrons. The topological polar surface area (TPSA) is 52.6 Å². The van der Waals surface area contributed by atoms with Gasteiger partial charge in [-0.05, 0) is 36.8 Å². The highest BCUT2D eigenvalue weighted by atomic mass is 31.1. The van der Waals surface area contributed by atoms with Gasteiger partial charge in [0.2, 0.25) is 0 Å². The van der Waals surface area contributed by atoms with Crippen molar-refractivity contribution in [2.45, 2.75) is 47.0 Å². The summed E-state index contributed by atoms with van der Waals surface area (Å²) in [4.78, 5) is 11.7. The molecular formula is C19H31O4P. The Morgan fingerprint density at radius 2 is 1.67 bits per heavy atom. The molecule has 0 aromatic heterocycles. The molecule has 5 heteroatoms. The molecule has 1 atom stereocenters. The average molecular weight is 354 g/mol. The first kappa shape index (κ1) is 20.8. The van der Waals surface area contributed by atoms with E-state index in [9.17, 15) is 9.36 Å². The molecule has 1 aromatic carbocycles. The van der Waals surface area contributed by atoms with Crippen LogP contribution in [-0.4, -0.2) is 25.3 Å². The second-order valence-corrected chi connectivity index (χ2v) is 8.74. The van der Waals surface area contributed by atoms with Crippen LogP contribution < -0.4 is 10.0 Å². The second kappa shape index (κ2) is 11.3. The van der Waals surface area contributed by atoms with Gasteiger partial charge in [-0.1, -0.05) is 39.8 Å². The zero-order chi connectivity index (χ0) is 17.9. The summed E-state index contributed by atoms with van der Waals surface area (Å²) in [5.41, 5.74) is 0. The Hall–Kier alpha value is -1.28. The Bertz CT molecular complexity index is 526. The Morgan fingerprint density at radius 1 is 1.04 bits per heavy atom. The fraction of sp³-hybridized carbons (Fsp3) is 0.632. The van der Waals surface area contributed by atoms with E-state index in [1.807, 2.05) is 24.3 Å². The van der Waals surface area contributed by atoms with Crippen molar-refractivity contribution in [2.75, 3.05) is 19.4 Å². The molecule has 1 aromatic rings. The lowest BCUT2D eigenvalue weighted by Crippen LogP contribution is -2.12. The van der Waals surface area contributed by atoms with Gasteiger partial charge in [-0.3, -0.25) is 4.79 Å². The summed E-state index contributed by atoms with van der Waals surface area (Å²) in [7, 11) is -2.06. The summed E-state index contributed by atoms with van der Waals surface area (Å²) in [6, 6.07) is 7.41. The van der Waals surface area contributed by atoms with Crippen molar-refractivity contribution in [1.82, 2.24) is 0 Å². The van der Waals surface area contributed by atoms with E-state index in [-0.39, 0.29) is 12.4 Å². The highest BCUT2D eigenvalue weighted by molar-refractivity contribution is 7.53. The number of benzene rings is 1. The molecule has 0 heterocycles. The fourth-order valence-electron chi connectivity index (χ4n) is 2.06. The Balaban J connectivity index is 2.48. The molecule has 0 bridgehead atoms.